The monoisotopic (exact) mass is 267 g/mol. The highest BCUT2D eigenvalue weighted by Crippen LogP contribution is 2.28. The van der Waals surface area contributed by atoms with Gasteiger partial charge < -0.3 is 0 Å². The van der Waals surface area contributed by atoms with E-state index in [9.17, 15) is 27.7 Å². The van der Waals surface area contributed by atoms with Crippen molar-refractivity contribution in [2.45, 2.75) is 4.90 Å². The molecule has 0 aliphatic carbocycles. The Morgan fingerprint density at radius 3 is 2.38 bits per heavy atom. The third-order valence-corrected chi connectivity index (χ3v) is 3.02. The molecular formula is C7H3ClFNO5S. The van der Waals surface area contributed by atoms with Crippen LogP contribution in [0.1, 0.15) is 10.4 Å². The first-order chi connectivity index (χ1) is 7.29. The predicted molar refractivity (Wildman–Crippen MR) is 51.5 cm³/mol. The van der Waals surface area contributed by atoms with Gasteiger partial charge >= 0.3 is 5.69 Å². The number of halogens is 2. The van der Waals surface area contributed by atoms with Crippen LogP contribution in [-0.2, 0) is 9.05 Å². The molecule has 0 spiro atoms. The maximum absolute atomic E-state index is 13.4. The second-order valence-corrected chi connectivity index (χ2v) is 5.16. The van der Waals surface area contributed by atoms with Crippen LogP contribution < -0.4 is 0 Å². The molecule has 0 saturated heterocycles. The molecule has 0 atom stereocenters. The van der Waals surface area contributed by atoms with Gasteiger partial charge in [0, 0.05) is 10.7 Å². The van der Waals surface area contributed by atoms with E-state index in [0.29, 0.717) is 6.07 Å². The molecule has 1 aromatic rings. The van der Waals surface area contributed by atoms with E-state index in [4.69, 9.17) is 10.7 Å². The highest BCUT2D eigenvalue weighted by atomic mass is 35.7. The summed E-state index contributed by atoms with van der Waals surface area (Å²) >= 11 is 0. The summed E-state index contributed by atoms with van der Waals surface area (Å²) in [4.78, 5) is 18.6. The van der Waals surface area contributed by atoms with E-state index in [-0.39, 0.29) is 6.29 Å². The van der Waals surface area contributed by atoms with Gasteiger partial charge in [0.25, 0.3) is 9.05 Å². The number of benzene rings is 1. The van der Waals surface area contributed by atoms with Gasteiger partial charge in [-0.05, 0) is 12.1 Å². The SMILES string of the molecule is O=Cc1ccc(S(=O)(=O)Cl)c(F)c1[N+](=O)[O-]. The summed E-state index contributed by atoms with van der Waals surface area (Å²) in [7, 11) is 0.420. The highest BCUT2D eigenvalue weighted by molar-refractivity contribution is 8.13. The highest BCUT2D eigenvalue weighted by Gasteiger charge is 2.28. The van der Waals surface area contributed by atoms with Crippen LogP contribution in [0, 0.1) is 15.9 Å². The van der Waals surface area contributed by atoms with Gasteiger partial charge in [0.2, 0.25) is 5.82 Å². The molecule has 0 saturated carbocycles. The van der Waals surface area contributed by atoms with Gasteiger partial charge in [-0.15, -0.1) is 0 Å². The fraction of sp³-hybridized carbons (Fsp3) is 0. The smallest absolute Gasteiger partial charge is 0.298 e. The zero-order chi connectivity index (χ0) is 12.5. The molecule has 1 aromatic carbocycles. The average Bonchev–Trinajstić information content (AvgIpc) is 2.14. The summed E-state index contributed by atoms with van der Waals surface area (Å²) in [6.45, 7) is 0. The Bertz CT molecular complexity index is 570. The van der Waals surface area contributed by atoms with Gasteiger partial charge in [-0.3, -0.25) is 14.9 Å². The van der Waals surface area contributed by atoms with Crippen LogP contribution in [0.3, 0.4) is 0 Å². The Labute approximate surface area is 93.2 Å². The number of rotatable bonds is 3. The summed E-state index contributed by atoms with van der Waals surface area (Å²) in [6.07, 6.45) is 0.0475. The van der Waals surface area contributed by atoms with E-state index >= 15 is 0 Å². The molecule has 0 aromatic heterocycles. The Hall–Kier alpha value is -1.54. The topological polar surface area (TPSA) is 94.3 Å². The van der Waals surface area contributed by atoms with Crippen molar-refractivity contribution in [2.75, 3.05) is 0 Å². The molecule has 0 fully saturated rings. The second-order valence-electron chi connectivity index (χ2n) is 2.63. The van der Waals surface area contributed by atoms with Crippen molar-refractivity contribution in [1.82, 2.24) is 0 Å². The van der Waals surface area contributed by atoms with Gasteiger partial charge in [-0.1, -0.05) is 0 Å². The van der Waals surface area contributed by atoms with Crippen LogP contribution in [-0.4, -0.2) is 19.6 Å². The first kappa shape index (κ1) is 12.5. The van der Waals surface area contributed by atoms with Gasteiger partial charge in [0.05, 0.1) is 10.5 Å². The molecule has 0 unspecified atom stereocenters. The minimum Gasteiger partial charge on any atom is -0.298 e. The molecule has 16 heavy (non-hydrogen) atoms. The number of hydrogen-bond donors (Lipinski definition) is 0. The molecule has 86 valence electrons. The van der Waals surface area contributed by atoms with Crippen molar-refractivity contribution in [3.05, 3.63) is 33.6 Å². The van der Waals surface area contributed by atoms with Crippen molar-refractivity contribution in [1.29, 1.82) is 0 Å². The molecule has 0 aliphatic rings. The van der Waals surface area contributed by atoms with E-state index in [1.807, 2.05) is 0 Å². The van der Waals surface area contributed by atoms with Crippen molar-refractivity contribution in [3.8, 4) is 0 Å². The largest absolute Gasteiger partial charge is 0.316 e. The standard InChI is InChI=1S/C7H3ClFNO5S/c8-16(14,15)5-2-1-4(3-11)7(6(5)9)10(12)13/h1-3H. The molecule has 9 heteroatoms. The quantitative estimate of drug-likeness (QED) is 0.358. The Balaban J connectivity index is 3.70. The van der Waals surface area contributed by atoms with Gasteiger partial charge in [-0.25, -0.2) is 8.42 Å². The lowest BCUT2D eigenvalue weighted by atomic mass is 10.2. The maximum Gasteiger partial charge on any atom is 0.316 e. The van der Waals surface area contributed by atoms with Gasteiger partial charge in [-0.2, -0.15) is 4.39 Å². The fourth-order valence-electron chi connectivity index (χ4n) is 1.03. The number of aldehydes is 1. The van der Waals surface area contributed by atoms with Crippen LogP contribution in [0.15, 0.2) is 17.0 Å². The first-order valence-electron chi connectivity index (χ1n) is 3.65. The van der Waals surface area contributed by atoms with Crippen molar-refractivity contribution < 1.29 is 22.5 Å². The third-order valence-electron chi connectivity index (χ3n) is 1.68. The molecule has 0 N–H and O–H groups in total. The number of nitro groups is 1. The van der Waals surface area contributed by atoms with Crippen molar-refractivity contribution >= 4 is 31.7 Å². The molecule has 1 rings (SSSR count). The normalized spacial score (nSPS) is 11.1. The third kappa shape index (κ3) is 2.17. The van der Waals surface area contributed by atoms with Crippen molar-refractivity contribution in [2.24, 2.45) is 0 Å². The number of carbonyl (C=O) groups excluding carboxylic acids is 1. The predicted octanol–water partition coefficient (Wildman–Crippen LogP) is 1.47. The molecule has 0 bridgehead atoms. The fourth-order valence-corrected chi connectivity index (χ4v) is 1.93. The Morgan fingerprint density at radius 1 is 1.44 bits per heavy atom. The van der Waals surface area contributed by atoms with E-state index in [1.54, 1.807) is 0 Å². The number of nitro benzene ring substituents is 1. The van der Waals surface area contributed by atoms with Gasteiger partial charge in [0.1, 0.15) is 4.90 Å². The number of nitrogens with zero attached hydrogens (tertiary/aromatic N) is 1. The molecule has 0 heterocycles. The summed E-state index contributed by atoms with van der Waals surface area (Å²) in [5.41, 5.74) is -1.77. The van der Waals surface area contributed by atoms with Crippen LogP contribution in [0.25, 0.3) is 0 Å². The Kier molecular flexibility index (Phi) is 3.24. The van der Waals surface area contributed by atoms with E-state index in [0.717, 1.165) is 6.07 Å². The van der Waals surface area contributed by atoms with Crippen LogP contribution in [0.2, 0.25) is 0 Å². The zero-order valence-corrected chi connectivity index (χ0v) is 8.96. The molecule has 6 nitrogen and oxygen atoms in total. The van der Waals surface area contributed by atoms with Crippen LogP contribution >= 0.6 is 10.7 Å². The van der Waals surface area contributed by atoms with Crippen molar-refractivity contribution in [3.63, 3.8) is 0 Å². The summed E-state index contributed by atoms with van der Waals surface area (Å²) in [6, 6.07) is 1.50. The lowest BCUT2D eigenvalue weighted by molar-refractivity contribution is -0.388. The number of carbonyl (C=O) groups is 1. The average molecular weight is 268 g/mol. The lowest BCUT2D eigenvalue weighted by Crippen LogP contribution is -2.03. The maximum atomic E-state index is 13.4. The Morgan fingerprint density at radius 2 is 2.00 bits per heavy atom. The summed E-state index contributed by atoms with van der Waals surface area (Å²) < 4.78 is 35.1. The first-order valence-corrected chi connectivity index (χ1v) is 5.96. The van der Waals surface area contributed by atoms with E-state index in [2.05, 4.69) is 0 Å². The van der Waals surface area contributed by atoms with Crippen LogP contribution in [0.4, 0.5) is 10.1 Å². The van der Waals surface area contributed by atoms with Gasteiger partial charge in [0.15, 0.2) is 6.29 Å². The molecule has 0 aliphatic heterocycles. The zero-order valence-electron chi connectivity index (χ0n) is 7.38. The summed E-state index contributed by atoms with van der Waals surface area (Å²) in [5.74, 6) is -1.65. The van der Waals surface area contributed by atoms with E-state index < -0.39 is 35.9 Å². The molecular weight excluding hydrogens is 265 g/mol. The lowest BCUT2D eigenvalue weighted by Gasteiger charge is -2.01. The molecule has 0 amide bonds. The van der Waals surface area contributed by atoms with E-state index in [1.165, 1.54) is 0 Å². The minimum absolute atomic E-state index is 0.0475. The number of hydrogen-bond acceptors (Lipinski definition) is 5. The molecule has 0 radical (unpaired) electrons. The minimum atomic E-state index is -4.44. The van der Waals surface area contributed by atoms with Crippen LogP contribution in [0.5, 0.6) is 0 Å². The second kappa shape index (κ2) is 4.14. The summed E-state index contributed by atoms with van der Waals surface area (Å²) in [5, 5.41) is 10.4.